The quantitative estimate of drug-likeness (QED) is 0.627. The van der Waals surface area contributed by atoms with E-state index in [9.17, 15) is 15.3 Å². The minimum Gasteiger partial charge on any atom is -0.393 e. The first kappa shape index (κ1) is 14.0. The summed E-state index contributed by atoms with van der Waals surface area (Å²) < 4.78 is 0. The van der Waals surface area contributed by atoms with Crippen LogP contribution in [0.1, 0.15) is 52.9 Å². The van der Waals surface area contributed by atoms with Crippen molar-refractivity contribution >= 4 is 0 Å². The first-order valence-corrected chi connectivity index (χ1v) is 6.91. The van der Waals surface area contributed by atoms with Crippen LogP contribution in [0, 0.1) is 11.3 Å². The molecule has 0 spiro atoms. The van der Waals surface area contributed by atoms with Crippen molar-refractivity contribution in [1.29, 1.82) is 0 Å². The van der Waals surface area contributed by atoms with Gasteiger partial charge in [-0.15, -0.1) is 0 Å². The zero-order chi connectivity index (χ0) is 13.8. The van der Waals surface area contributed by atoms with Gasteiger partial charge in [-0.1, -0.05) is 13.5 Å². The normalized spacial score (nSPS) is 45.8. The van der Waals surface area contributed by atoms with Gasteiger partial charge in [0.1, 0.15) is 0 Å². The average molecular weight is 254 g/mol. The third kappa shape index (κ3) is 1.93. The van der Waals surface area contributed by atoms with Gasteiger partial charge in [0.05, 0.1) is 17.3 Å². The van der Waals surface area contributed by atoms with E-state index in [1.807, 2.05) is 6.92 Å². The van der Waals surface area contributed by atoms with Crippen LogP contribution in [0.2, 0.25) is 0 Å². The maximum absolute atomic E-state index is 11.0. The van der Waals surface area contributed by atoms with Gasteiger partial charge in [0.25, 0.3) is 0 Å². The van der Waals surface area contributed by atoms with Crippen LogP contribution in [-0.4, -0.2) is 32.6 Å². The van der Waals surface area contributed by atoms with Gasteiger partial charge in [0, 0.05) is 11.3 Å². The SMILES string of the molecule is C=C1CCC[C@@]2(C)C[C@H](O)[C@H](C(C)(C)O)C[C@@]12O. The van der Waals surface area contributed by atoms with Crippen LogP contribution < -0.4 is 0 Å². The number of hydrogen-bond acceptors (Lipinski definition) is 3. The Kier molecular flexibility index (Phi) is 3.16. The monoisotopic (exact) mass is 254 g/mol. The summed E-state index contributed by atoms with van der Waals surface area (Å²) in [5.74, 6) is -0.301. The Labute approximate surface area is 110 Å². The van der Waals surface area contributed by atoms with E-state index in [-0.39, 0.29) is 11.3 Å². The van der Waals surface area contributed by atoms with Crippen molar-refractivity contribution in [2.24, 2.45) is 11.3 Å². The van der Waals surface area contributed by atoms with Crippen LogP contribution in [0.4, 0.5) is 0 Å². The molecule has 0 aliphatic heterocycles. The number of fused-ring (bicyclic) bond motifs is 1. The van der Waals surface area contributed by atoms with E-state index >= 15 is 0 Å². The highest BCUT2D eigenvalue weighted by Gasteiger charge is 2.58. The summed E-state index contributed by atoms with van der Waals surface area (Å²) in [6, 6.07) is 0. The van der Waals surface area contributed by atoms with Crippen LogP contribution >= 0.6 is 0 Å². The van der Waals surface area contributed by atoms with E-state index in [1.54, 1.807) is 13.8 Å². The van der Waals surface area contributed by atoms with Crippen molar-refractivity contribution in [2.75, 3.05) is 0 Å². The Morgan fingerprint density at radius 2 is 1.94 bits per heavy atom. The fraction of sp³-hybridized carbons (Fsp3) is 0.867. The van der Waals surface area contributed by atoms with Crippen molar-refractivity contribution in [3.8, 4) is 0 Å². The standard InChI is InChI=1S/C15H26O3/c1-10-6-5-7-14(4)9-12(16)11(13(2,3)17)8-15(10,14)18/h11-12,16-18H,1,5-9H2,2-4H3/t11-,12+,14+,15-/m1/s1. The lowest BCUT2D eigenvalue weighted by Crippen LogP contribution is -2.61. The zero-order valence-electron chi connectivity index (χ0n) is 11.7. The minimum absolute atomic E-state index is 0.301. The molecule has 0 saturated heterocycles. The van der Waals surface area contributed by atoms with E-state index in [1.165, 1.54) is 0 Å². The van der Waals surface area contributed by atoms with E-state index < -0.39 is 17.3 Å². The molecule has 2 aliphatic rings. The fourth-order valence-electron chi connectivity index (χ4n) is 3.97. The molecule has 0 heterocycles. The molecule has 104 valence electrons. The van der Waals surface area contributed by atoms with Gasteiger partial charge < -0.3 is 15.3 Å². The van der Waals surface area contributed by atoms with Gasteiger partial charge in [-0.25, -0.2) is 0 Å². The molecule has 4 atom stereocenters. The van der Waals surface area contributed by atoms with Crippen LogP contribution in [0.5, 0.6) is 0 Å². The van der Waals surface area contributed by atoms with Crippen LogP contribution in [0.15, 0.2) is 12.2 Å². The Hall–Kier alpha value is -0.380. The van der Waals surface area contributed by atoms with Crippen LogP contribution in [0.25, 0.3) is 0 Å². The maximum atomic E-state index is 11.0. The molecule has 0 amide bonds. The van der Waals surface area contributed by atoms with Crippen LogP contribution in [0.3, 0.4) is 0 Å². The summed E-state index contributed by atoms with van der Waals surface area (Å²) in [6.45, 7) is 9.50. The number of rotatable bonds is 1. The lowest BCUT2D eigenvalue weighted by molar-refractivity contribution is -0.181. The van der Waals surface area contributed by atoms with E-state index in [0.717, 1.165) is 24.8 Å². The van der Waals surface area contributed by atoms with Crippen molar-refractivity contribution < 1.29 is 15.3 Å². The highest BCUT2D eigenvalue weighted by molar-refractivity contribution is 5.25. The Balaban J connectivity index is 2.36. The summed E-state index contributed by atoms with van der Waals surface area (Å²) in [5.41, 5.74) is -1.34. The number of hydrogen-bond donors (Lipinski definition) is 3. The topological polar surface area (TPSA) is 60.7 Å². The Bertz CT molecular complexity index is 357. The largest absolute Gasteiger partial charge is 0.393 e. The molecule has 3 nitrogen and oxygen atoms in total. The minimum atomic E-state index is -0.978. The molecule has 2 saturated carbocycles. The number of aliphatic hydroxyl groups excluding tert-OH is 1. The fourth-order valence-corrected chi connectivity index (χ4v) is 3.97. The lowest BCUT2D eigenvalue weighted by Gasteiger charge is -2.57. The summed E-state index contributed by atoms with van der Waals surface area (Å²) in [7, 11) is 0. The van der Waals surface area contributed by atoms with Crippen molar-refractivity contribution in [2.45, 2.75) is 70.2 Å². The molecular weight excluding hydrogens is 228 g/mol. The molecule has 3 heteroatoms. The molecule has 0 bridgehead atoms. The van der Waals surface area contributed by atoms with Crippen LogP contribution in [-0.2, 0) is 0 Å². The molecule has 2 fully saturated rings. The van der Waals surface area contributed by atoms with Gasteiger partial charge in [-0.2, -0.15) is 0 Å². The molecule has 0 radical (unpaired) electrons. The van der Waals surface area contributed by atoms with Gasteiger partial charge in [-0.3, -0.25) is 0 Å². The molecular formula is C15H26O3. The highest BCUT2D eigenvalue weighted by Crippen LogP contribution is 2.57. The molecule has 0 unspecified atom stereocenters. The maximum Gasteiger partial charge on any atom is 0.0913 e. The molecule has 2 rings (SSSR count). The van der Waals surface area contributed by atoms with E-state index in [4.69, 9.17) is 0 Å². The average Bonchev–Trinajstić information content (AvgIpc) is 2.20. The lowest BCUT2D eigenvalue weighted by atomic mass is 9.51. The summed E-state index contributed by atoms with van der Waals surface area (Å²) in [4.78, 5) is 0. The van der Waals surface area contributed by atoms with Gasteiger partial charge >= 0.3 is 0 Å². The zero-order valence-corrected chi connectivity index (χ0v) is 11.7. The first-order chi connectivity index (χ1) is 8.10. The molecule has 2 aliphatic carbocycles. The third-order valence-corrected chi connectivity index (χ3v) is 5.34. The molecule has 0 aromatic carbocycles. The second-order valence-corrected chi connectivity index (χ2v) is 7.11. The molecule has 0 aromatic rings. The highest BCUT2D eigenvalue weighted by atomic mass is 16.3. The second kappa shape index (κ2) is 4.06. The van der Waals surface area contributed by atoms with Gasteiger partial charge in [-0.05, 0) is 51.5 Å². The molecule has 3 N–H and O–H groups in total. The number of aliphatic hydroxyl groups is 3. The Morgan fingerprint density at radius 1 is 1.33 bits per heavy atom. The van der Waals surface area contributed by atoms with Gasteiger partial charge in [0.2, 0.25) is 0 Å². The van der Waals surface area contributed by atoms with E-state index in [0.29, 0.717) is 12.8 Å². The summed E-state index contributed by atoms with van der Waals surface area (Å²) in [6.07, 6.45) is 3.18. The van der Waals surface area contributed by atoms with Crippen molar-refractivity contribution in [1.82, 2.24) is 0 Å². The molecule has 0 aromatic heterocycles. The summed E-state index contributed by atoms with van der Waals surface area (Å²) >= 11 is 0. The van der Waals surface area contributed by atoms with Crippen molar-refractivity contribution in [3.63, 3.8) is 0 Å². The molecule has 18 heavy (non-hydrogen) atoms. The van der Waals surface area contributed by atoms with E-state index in [2.05, 4.69) is 6.58 Å². The van der Waals surface area contributed by atoms with Gasteiger partial charge in [0.15, 0.2) is 0 Å². The Morgan fingerprint density at radius 3 is 2.50 bits per heavy atom. The predicted molar refractivity (Wildman–Crippen MR) is 71.1 cm³/mol. The first-order valence-electron chi connectivity index (χ1n) is 6.91. The third-order valence-electron chi connectivity index (χ3n) is 5.34. The van der Waals surface area contributed by atoms with Crippen molar-refractivity contribution in [3.05, 3.63) is 12.2 Å². The predicted octanol–water partition coefficient (Wildman–Crippen LogP) is 2.01. The smallest absolute Gasteiger partial charge is 0.0913 e. The second-order valence-electron chi connectivity index (χ2n) is 7.11. The summed E-state index contributed by atoms with van der Waals surface area (Å²) in [5, 5.41) is 31.5.